The largest absolute Gasteiger partial charge is 0.453 e. The van der Waals surface area contributed by atoms with E-state index in [1.165, 1.54) is 6.21 Å². The lowest BCUT2D eigenvalue weighted by Crippen LogP contribution is -2.20. The first-order chi connectivity index (χ1) is 7.88. The molecule has 0 N–H and O–H groups in total. The summed E-state index contributed by atoms with van der Waals surface area (Å²) in [4.78, 5) is 3.33. The van der Waals surface area contributed by atoms with E-state index >= 15 is 0 Å². The third-order valence-corrected chi connectivity index (χ3v) is 1.75. The van der Waals surface area contributed by atoms with Crippen molar-refractivity contribution in [2.45, 2.75) is 52.6 Å². The lowest BCUT2D eigenvalue weighted by atomic mass is 10.2. The average Bonchev–Trinajstić information content (AvgIpc) is 2.19. The van der Waals surface area contributed by atoms with Gasteiger partial charge in [0.25, 0.3) is 5.84 Å². The molecule has 6 heteroatoms. The van der Waals surface area contributed by atoms with Gasteiger partial charge in [0.1, 0.15) is 0 Å². The minimum atomic E-state index is -4.56. The third-order valence-electron chi connectivity index (χ3n) is 1.75. The van der Waals surface area contributed by atoms with Crippen molar-refractivity contribution in [2.24, 2.45) is 15.2 Å². The van der Waals surface area contributed by atoms with Crippen molar-refractivity contribution in [1.82, 2.24) is 0 Å². The maximum atomic E-state index is 12.4. The smallest absolute Gasteiger partial charge is 0.236 e. The quantitative estimate of drug-likeness (QED) is 0.306. The fourth-order valence-electron chi connectivity index (χ4n) is 0.940. The Balaban J connectivity index is 4.52. The van der Waals surface area contributed by atoms with E-state index in [1.807, 2.05) is 6.92 Å². The number of hydrogen-bond acceptors (Lipinski definition) is 2. The highest BCUT2D eigenvalue weighted by atomic mass is 19.4. The first-order valence-electron chi connectivity index (χ1n) is 5.56. The van der Waals surface area contributed by atoms with Gasteiger partial charge >= 0.3 is 6.18 Å². The SMILES string of the molecule is CCCCCC=N/C(=N\N=C(C)C)C(F)(F)F. The molecular weight excluding hydrogens is 231 g/mol. The zero-order valence-corrected chi connectivity index (χ0v) is 10.4. The summed E-state index contributed by atoms with van der Waals surface area (Å²) >= 11 is 0. The number of unbranched alkanes of at least 4 members (excludes halogenated alkanes) is 3. The summed E-state index contributed by atoms with van der Waals surface area (Å²) in [5.41, 5.74) is 0.452. The lowest BCUT2D eigenvalue weighted by Gasteiger charge is -2.03. The molecular formula is C11H18F3N3. The van der Waals surface area contributed by atoms with Crippen molar-refractivity contribution < 1.29 is 13.2 Å². The van der Waals surface area contributed by atoms with E-state index in [1.54, 1.807) is 13.8 Å². The Kier molecular flexibility index (Phi) is 7.41. The second-order valence-corrected chi connectivity index (χ2v) is 3.78. The molecule has 98 valence electrons. The molecule has 0 saturated carbocycles. The highest BCUT2D eigenvalue weighted by molar-refractivity contribution is 5.94. The van der Waals surface area contributed by atoms with Crippen molar-refractivity contribution in [3.8, 4) is 0 Å². The van der Waals surface area contributed by atoms with E-state index < -0.39 is 12.0 Å². The predicted molar refractivity (Wildman–Crippen MR) is 64.9 cm³/mol. The van der Waals surface area contributed by atoms with Crippen molar-refractivity contribution in [1.29, 1.82) is 0 Å². The van der Waals surface area contributed by atoms with Crippen LogP contribution in [0.1, 0.15) is 46.5 Å². The molecule has 0 aliphatic heterocycles. The van der Waals surface area contributed by atoms with E-state index in [-0.39, 0.29) is 0 Å². The molecule has 0 rings (SSSR count). The molecule has 0 aliphatic carbocycles. The Labute approximate surface area is 99.5 Å². The van der Waals surface area contributed by atoms with Crippen LogP contribution in [0, 0.1) is 0 Å². The third kappa shape index (κ3) is 8.59. The van der Waals surface area contributed by atoms with Crippen molar-refractivity contribution >= 4 is 17.8 Å². The van der Waals surface area contributed by atoms with Crippen molar-refractivity contribution in [3.05, 3.63) is 0 Å². The van der Waals surface area contributed by atoms with Gasteiger partial charge < -0.3 is 0 Å². The van der Waals surface area contributed by atoms with Gasteiger partial charge in [0.2, 0.25) is 0 Å². The molecule has 0 amide bonds. The molecule has 3 nitrogen and oxygen atoms in total. The van der Waals surface area contributed by atoms with Crippen LogP contribution in [0.5, 0.6) is 0 Å². The van der Waals surface area contributed by atoms with Crippen LogP contribution in [0.15, 0.2) is 15.2 Å². The summed E-state index contributed by atoms with van der Waals surface area (Å²) in [6.07, 6.45) is 0.0613. The normalized spacial score (nSPS) is 13.2. The Bertz CT molecular complexity index is 300. The van der Waals surface area contributed by atoms with Gasteiger partial charge in [-0.15, -0.1) is 5.10 Å². The van der Waals surface area contributed by atoms with Gasteiger partial charge in [-0.25, -0.2) is 4.99 Å². The molecule has 0 radical (unpaired) electrons. The molecule has 0 bridgehead atoms. The average molecular weight is 249 g/mol. The van der Waals surface area contributed by atoms with Gasteiger partial charge in [-0.3, -0.25) is 0 Å². The molecule has 0 aromatic rings. The zero-order valence-electron chi connectivity index (χ0n) is 10.4. The molecule has 0 heterocycles. The Morgan fingerprint density at radius 3 is 2.24 bits per heavy atom. The van der Waals surface area contributed by atoms with E-state index in [2.05, 4.69) is 15.2 Å². The van der Waals surface area contributed by atoms with Gasteiger partial charge in [0, 0.05) is 11.9 Å². The van der Waals surface area contributed by atoms with Gasteiger partial charge in [-0.05, 0) is 26.7 Å². The number of halogens is 3. The first-order valence-corrected chi connectivity index (χ1v) is 5.56. The van der Waals surface area contributed by atoms with Crippen LogP contribution < -0.4 is 0 Å². The lowest BCUT2D eigenvalue weighted by molar-refractivity contribution is -0.0598. The summed E-state index contributed by atoms with van der Waals surface area (Å²) in [6, 6.07) is 0. The van der Waals surface area contributed by atoms with Crippen LogP contribution in [-0.2, 0) is 0 Å². The molecule has 0 atom stereocenters. The minimum Gasteiger partial charge on any atom is -0.236 e. The molecule has 0 spiro atoms. The highest BCUT2D eigenvalue weighted by Crippen LogP contribution is 2.18. The molecule has 17 heavy (non-hydrogen) atoms. The van der Waals surface area contributed by atoms with Crippen LogP contribution in [0.3, 0.4) is 0 Å². The Morgan fingerprint density at radius 2 is 1.76 bits per heavy atom. The maximum absolute atomic E-state index is 12.4. The number of nitrogens with zero attached hydrogens (tertiary/aromatic N) is 3. The number of amidine groups is 1. The number of hydrogen-bond donors (Lipinski definition) is 0. The Hall–Kier alpha value is -1.20. The van der Waals surface area contributed by atoms with Gasteiger partial charge in [0.15, 0.2) is 0 Å². The standard InChI is InChI=1S/C11H18F3N3/c1-4-5-6-7-8-15-10(11(12,13)14)17-16-9(2)3/h8H,4-7H2,1-3H3/b15-8?,17-10-. The van der Waals surface area contributed by atoms with Gasteiger partial charge in [0.05, 0.1) is 0 Å². The zero-order chi connectivity index (χ0) is 13.3. The van der Waals surface area contributed by atoms with Crippen LogP contribution in [0.25, 0.3) is 0 Å². The maximum Gasteiger partial charge on any atom is 0.453 e. The van der Waals surface area contributed by atoms with E-state index in [0.717, 1.165) is 19.3 Å². The Morgan fingerprint density at radius 1 is 1.12 bits per heavy atom. The summed E-state index contributed by atoms with van der Waals surface area (Å²) in [5.74, 6) is -1.20. The molecule has 0 aromatic heterocycles. The molecule has 0 aromatic carbocycles. The van der Waals surface area contributed by atoms with Crippen LogP contribution in [-0.4, -0.2) is 23.9 Å². The highest BCUT2D eigenvalue weighted by Gasteiger charge is 2.36. The summed E-state index contributed by atoms with van der Waals surface area (Å²) in [7, 11) is 0. The number of alkyl halides is 3. The van der Waals surface area contributed by atoms with Crippen molar-refractivity contribution in [2.75, 3.05) is 0 Å². The monoisotopic (exact) mass is 249 g/mol. The number of aliphatic imine (C=N–C) groups is 1. The fourth-order valence-corrected chi connectivity index (χ4v) is 0.940. The molecule has 0 saturated heterocycles. The number of rotatable bonds is 5. The van der Waals surface area contributed by atoms with Crippen LogP contribution in [0.2, 0.25) is 0 Å². The van der Waals surface area contributed by atoms with E-state index in [0.29, 0.717) is 12.1 Å². The van der Waals surface area contributed by atoms with Crippen LogP contribution >= 0.6 is 0 Å². The molecule has 0 fully saturated rings. The molecule has 0 unspecified atom stereocenters. The second-order valence-electron chi connectivity index (χ2n) is 3.78. The summed E-state index contributed by atoms with van der Waals surface area (Å²) in [5, 5.41) is 6.47. The van der Waals surface area contributed by atoms with Gasteiger partial charge in [-0.2, -0.15) is 18.3 Å². The predicted octanol–water partition coefficient (Wildman–Crippen LogP) is 3.99. The second kappa shape index (κ2) is 7.97. The summed E-state index contributed by atoms with van der Waals surface area (Å²) in [6.45, 7) is 5.17. The van der Waals surface area contributed by atoms with Crippen LogP contribution in [0.4, 0.5) is 13.2 Å². The van der Waals surface area contributed by atoms with E-state index in [4.69, 9.17) is 0 Å². The van der Waals surface area contributed by atoms with E-state index in [9.17, 15) is 13.2 Å². The fraction of sp³-hybridized carbons (Fsp3) is 0.727. The summed E-state index contributed by atoms with van der Waals surface area (Å²) < 4.78 is 37.3. The molecule has 0 aliphatic rings. The van der Waals surface area contributed by atoms with Crippen molar-refractivity contribution in [3.63, 3.8) is 0 Å². The first kappa shape index (κ1) is 15.8. The minimum absolute atomic E-state index is 0.452. The van der Waals surface area contributed by atoms with Gasteiger partial charge in [-0.1, -0.05) is 19.8 Å². The topological polar surface area (TPSA) is 37.1 Å².